The van der Waals surface area contributed by atoms with Crippen LogP contribution in [0.15, 0.2) is 36.4 Å². The summed E-state index contributed by atoms with van der Waals surface area (Å²) < 4.78 is 0. The Morgan fingerprint density at radius 3 is 2.56 bits per heavy atom. The molecule has 0 saturated carbocycles. The van der Waals surface area contributed by atoms with Crippen LogP contribution in [0.3, 0.4) is 0 Å². The Labute approximate surface area is 57.3 Å². The SMILES string of the molecule is C=CCCp1cccc1. The van der Waals surface area contributed by atoms with Crippen LogP contribution in [-0.2, 0) is 6.16 Å². The summed E-state index contributed by atoms with van der Waals surface area (Å²) in [4.78, 5) is 0. The molecule has 0 fully saturated rings. The van der Waals surface area contributed by atoms with Crippen LogP contribution < -0.4 is 0 Å². The second-order valence-electron chi connectivity index (χ2n) is 2.00. The lowest BCUT2D eigenvalue weighted by atomic mass is 10.5. The Morgan fingerprint density at radius 2 is 2.00 bits per heavy atom. The number of rotatable bonds is 3. The third kappa shape index (κ3) is 2.07. The molecule has 0 radical (unpaired) electrons. The molecule has 1 rings (SSSR count). The third-order valence-corrected chi connectivity index (χ3v) is 3.14. The molecular formula is C8H11P. The first-order valence-corrected chi connectivity index (χ1v) is 4.81. The molecule has 48 valence electrons. The number of hydrogen-bond acceptors (Lipinski definition) is 0. The van der Waals surface area contributed by atoms with Crippen molar-refractivity contribution in [1.82, 2.24) is 0 Å². The molecule has 0 bridgehead atoms. The standard InChI is InChI=1S/C8H11P/c1-2-3-6-9-7-4-5-8-9/h2,4-5,7-8H,1,3,6H2. The molecule has 0 aliphatic carbocycles. The predicted octanol–water partition coefficient (Wildman–Crippen LogP) is 3.25. The second-order valence-corrected chi connectivity index (χ2v) is 4.07. The van der Waals surface area contributed by atoms with Crippen molar-refractivity contribution in [2.45, 2.75) is 12.6 Å². The van der Waals surface area contributed by atoms with Crippen molar-refractivity contribution in [1.29, 1.82) is 0 Å². The fourth-order valence-electron chi connectivity index (χ4n) is 0.760. The second kappa shape index (κ2) is 3.53. The molecule has 1 aromatic rings. The number of allylic oxidation sites excluding steroid dienone is 1. The maximum absolute atomic E-state index is 3.68. The highest BCUT2D eigenvalue weighted by atomic mass is 31.1. The topological polar surface area (TPSA) is 0 Å². The maximum atomic E-state index is 3.68. The van der Waals surface area contributed by atoms with Crippen molar-refractivity contribution in [3.05, 3.63) is 36.4 Å². The Kier molecular flexibility index (Phi) is 2.60. The van der Waals surface area contributed by atoms with E-state index in [1.807, 2.05) is 6.08 Å². The van der Waals surface area contributed by atoms with Gasteiger partial charge in [0.1, 0.15) is 0 Å². The van der Waals surface area contributed by atoms with E-state index in [0.29, 0.717) is 0 Å². The summed E-state index contributed by atoms with van der Waals surface area (Å²) in [5.74, 6) is 4.58. The first-order valence-electron chi connectivity index (χ1n) is 3.15. The van der Waals surface area contributed by atoms with Crippen molar-refractivity contribution in [3.63, 3.8) is 0 Å². The molecule has 0 aliphatic heterocycles. The summed E-state index contributed by atoms with van der Waals surface area (Å²) in [6, 6.07) is 4.27. The van der Waals surface area contributed by atoms with Crippen LogP contribution in [0, 0.1) is 0 Å². The summed E-state index contributed by atoms with van der Waals surface area (Å²) in [7, 11) is 0.117. The predicted molar refractivity (Wildman–Crippen MR) is 44.0 cm³/mol. The minimum absolute atomic E-state index is 0.117. The smallest absolute Gasteiger partial charge is 0.0106 e. The highest BCUT2D eigenvalue weighted by molar-refractivity contribution is 7.47. The van der Waals surface area contributed by atoms with Crippen LogP contribution in [0.25, 0.3) is 0 Å². The Hall–Kier alpha value is -0.480. The van der Waals surface area contributed by atoms with Gasteiger partial charge in [-0.3, -0.25) is 0 Å². The van der Waals surface area contributed by atoms with Gasteiger partial charge >= 0.3 is 0 Å². The van der Waals surface area contributed by atoms with Crippen LogP contribution in [0.1, 0.15) is 6.42 Å². The summed E-state index contributed by atoms with van der Waals surface area (Å²) in [5.41, 5.74) is 0. The van der Waals surface area contributed by atoms with Gasteiger partial charge < -0.3 is 0 Å². The zero-order chi connectivity index (χ0) is 6.53. The molecule has 9 heavy (non-hydrogen) atoms. The zero-order valence-electron chi connectivity index (χ0n) is 5.46. The van der Waals surface area contributed by atoms with Crippen molar-refractivity contribution in [2.75, 3.05) is 0 Å². The molecule has 0 spiro atoms. The van der Waals surface area contributed by atoms with E-state index in [4.69, 9.17) is 0 Å². The van der Waals surface area contributed by atoms with Gasteiger partial charge in [0.05, 0.1) is 0 Å². The van der Waals surface area contributed by atoms with Gasteiger partial charge in [0.15, 0.2) is 0 Å². The van der Waals surface area contributed by atoms with E-state index in [-0.39, 0.29) is 7.53 Å². The number of hydrogen-bond donors (Lipinski definition) is 0. The first kappa shape index (κ1) is 6.64. The molecule has 0 atom stereocenters. The quantitative estimate of drug-likeness (QED) is 0.562. The summed E-state index contributed by atoms with van der Waals surface area (Å²) in [5, 5.41) is 0. The van der Waals surface area contributed by atoms with Crippen LogP contribution in [-0.4, -0.2) is 0 Å². The van der Waals surface area contributed by atoms with Gasteiger partial charge in [-0.05, 0) is 24.2 Å². The van der Waals surface area contributed by atoms with E-state index < -0.39 is 0 Å². The van der Waals surface area contributed by atoms with Crippen LogP contribution in [0.4, 0.5) is 0 Å². The summed E-state index contributed by atoms with van der Waals surface area (Å²) >= 11 is 0. The largest absolute Gasteiger partial charge is 0.125 e. The van der Waals surface area contributed by atoms with E-state index in [2.05, 4.69) is 30.3 Å². The molecule has 0 saturated heterocycles. The third-order valence-electron chi connectivity index (χ3n) is 1.26. The fraction of sp³-hybridized carbons (Fsp3) is 0.250. The number of aryl methyl sites for hydroxylation is 1. The van der Waals surface area contributed by atoms with Crippen LogP contribution >= 0.6 is 7.53 Å². The minimum atomic E-state index is 0.117. The van der Waals surface area contributed by atoms with Gasteiger partial charge in [0.25, 0.3) is 0 Å². The van der Waals surface area contributed by atoms with Crippen molar-refractivity contribution in [3.8, 4) is 0 Å². The highest BCUT2D eigenvalue weighted by Gasteiger charge is 1.85. The van der Waals surface area contributed by atoms with Gasteiger partial charge in [-0.15, -0.1) is 14.1 Å². The van der Waals surface area contributed by atoms with Gasteiger partial charge in [-0.25, -0.2) is 0 Å². The lowest BCUT2D eigenvalue weighted by molar-refractivity contribution is 1.16. The lowest BCUT2D eigenvalue weighted by Gasteiger charge is -1.90. The zero-order valence-corrected chi connectivity index (χ0v) is 6.35. The highest BCUT2D eigenvalue weighted by Crippen LogP contribution is 2.28. The molecule has 0 unspecified atom stereocenters. The van der Waals surface area contributed by atoms with E-state index in [9.17, 15) is 0 Å². The summed E-state index contributed by atoms with van der Waals surface area (Å²) in [6.07, 6.45) is 4.43. The molecule has 0 aromatic carbocycles. The Morgan fingerprint density at radius 1 is 1.33 bits per heavy atom. The van der Waals surface area contributed by atoms with E-state index in [1.165, 1.54) is 6.16 Å². The maximum Gasteiger partial charge on any atom is -0.0106 e. The van der Waals surface area contributed by atoms with E-state index in [1.54, 1.807) is 0 Å². The first-order chi connectivity index (χ1) is 4.43. The van der Waals surface area contributed by atoms with Crippen LogP contribution in [0.2, 0.25) is 0 Å². The summed E-state index contributed by atoms with van der Waals surface area (Å²) in [6.45, 7) is 3.68. The van der Waals surface area contributed by atoms with Crippen molar-refractivity contribution < 1.29 is 0 Å². The fourth-order valence-corrected chi connectivity index (χ4v) is 2.28. The van der Waals surface area contributed by atoms with Gasteiger partial charge in [0.2, 0.25) is 0 Å². The molecule has 1 aromatic heterocycles. The molecule has 0 amide bonds. The molecule has 0 aliphatic rings. The molecule has 1 heteroatoms. The minimum Gasteiger partial charge on any atom is -0.125 e. The average Bonchev–Trinajstić information content (AvgIpc) is 2.34. The van der Waals surface area contributed by atoms with Gasteiger partial charge in [-0.1, -0.05) is 18.2 Å². The normalized spacial score (nSPS) is 9.33. The lowest BCUT2D eigenvalue weighted by Crippen LogP contribution is -1.61. The molecular weight excluding hydrogens is 127 g/mol. The Balaban J connectivity index is 2.38. The van der Waals surface area contributed by atoms with Crippen molar-refractivity contribution in [2.24, 2.45) is 0 Å². The van der Waals surface area contributed by atoms with E-state index in [0.717, 1.165) is 6.42 Å². The van der Waals surface area contributed by atoms with E-state index >= 15 is 0 Å². The monoisotopic (exact) mass is 138 g/mol. The molecule has 0 nitrogen and oxygen atoms in total. The van der Waals surface area contributed by atoms with Crippen LogP contribution in [0.5, 0.6) is 0 Å². The van der Waals surface area contributed by atoms with Crippen molar-refractivity contribution >= 4 is 7.53 Å². The average molecular weight is 138 g/mol. The van der Waals surface area contributed by atoms with Gasteiger partial charge in [-0.2, -0.15) is 0 Å². The Bertz CT molecular complexity index is 163. The molecule has 1 heterocycles. The van der Waals surface area contributed by atoms with Gasteiger partial charge in [0, 0.05) is 0 Å². The molecule has 0 N–H and O–H groups in total.